The van der Waals surface area contributed by atoms with Gasteiger partial charge in [-0.05, 0) is 26.9 Å². The molecule has 0 aromatic carbocycles. The Kier molecular flexibility index (Phi) is 6.29. The lowest BCUT2D eigenvalue weighted by Crippen LogP contribution is -2.34. The van der Waals surface area contributed by atoms with E-state index in [1.807, 2.05) is 23.9 Å². The number of likely N-dealkylation sites (N-methyl/N-ethyl adjacent to an activating group) is 1. The molecule has 6 nitrogen and oxygen atoms in total. The monoisotopic (exact) mass is 313 g/mol. The van der Waals surface area contributed by atoms with Crippen LogP contribution in [-0.2, 0) is 0 Å². The normalized spacial score (nSPS) is 11.2. The summed E-state index contributed by atoms with van der Waals surface area (Å²) >= 11 is 1.21. The van der Waals surface area contributed by atoms with Crippen LogP contribution >= 0.6 is 11.3 Å². The minimum absolute atomic E-state index is 0.0320. The average Bonchev–Trinajstić information content (AvgIpc) is 2.78. The summed E-state index contributed by atoms with van der Waals surface area (Å²) in [4.78, 5) is 26.8. The van der Waals surface area contributed by atoms with Gasteiger partial charge in [0.1, 0.15) is 0 Å². The first kappa shape index (κ1) is 17.6. The predicted octanol–water partition coefficient (Wildman–Crippen LogP) is 2.88. The van der Waals surface area contributed by atoms with Crippen LogP contribution in [0.15, 0.2) is 6.07 Å². The van der Waals surface area contributed by atoms with E-state index in [-0.39, 0.29) is 11.5 Å². The molecule has 118 valence electrons. The molecule has 0 aliphatic rings. The van der Waals surface area contributed by atoms with Gasteiger partial charge in [0.05, 0.1) is 9.80 Å². The molecule has 1 aromatic heterocycles. The van der Waals surface area contributed by atoms with Crippen LogP contribution in [0, 0.1) is 16.0 Å². The molecule has 1 rings (SSSR count). The number of thiophene rings is 1. The third kappa shape index (κ3) is 5.09. The topological polar surface area (TPSA) is 66.7 Å². The van der Waals surface area contributed by atoms with Gasteiger partial charge in [0, 0.05) is 25.7 Å². The molecule has 0 radical (unpaired) electrons. The van der Waals surface area contributed by atoms with Crippen molar-refractivity contribution >= 4 is 27.8 Å². The van der Waals surface area contributed by atoms with E-state index in [1.54, 1.807) is 0 Å². The van der Waals surface area contributed by atoms with E-state index >= 15 is 0 Å². The fourth-order valence-corrected chi connectivity index (χ4v) is 3.00. The van der Waals surface area contributed by atoms with Gasteiger partial charge in [-0.1, -0.05) is 13.8 Å². The van der Waals surface area contributed by atoms with Gasteiger partial charge in [0.2, 0.25) is 0 Å². The van der Waals surface area contributed by atoms with Gasteiger partial charge in [-0.3, -0.25) is 14.9 Å². The Morgan fingerprint density at radius 1 is 1.38 bits per heavy atom. The first-order valence-electron chi connectivity index (χ1n) is 6.91. The summed E-state index contributed by atoms with van der Waals surface area (Å²) in [5, 5.41) is 11.8. The molecule has 0 saturated heterocycles. The minimum atomic E-state index is -0.402. The number of carbonyl (C=O) groups excluding carboxylic acids is 1. The Labute approximate surface area is 129 Å². The Hall–Kier alpha value is -1.47. The first-order valence-corrected chi connectivity index (χ1v) is 7.72. The number of nitrogens with zero attached hydrogens (tertiary/aromatic N) is 3. The zero-order chi connectivity index (χ0) is 16.2. The maximum Gasteiger partial charge on any atom is 0.304 e. The van der Waals surface area contributed by atoms with Crippen LogP contribution in [0.1, 0.15) is 30.4 Å². The molecule has 0 bridgehead atoms. The molecule has 0 unspecified atom stereocenters. The number of hydrogen-bond acceptors (Lipinski definition) is 6. The molecular weight excluding hydrogens is 290 g/mol. The molecule has 1 heterocycles. The van der Waals surface area contributed by atoms with Crippen LogP contribution in [0.5, 0.6) is 0 Å². The summed E-state index contributed by atoms with van der Waals surface area (Å²) in [7, 11) is 3.94. The van der Waals surface area contributed by atoms with Crippen LogP contribution in [0.25, 0.3) is 0 Å². The summed E-state index contributed by atoms with van der Waals surface area (Å²) in [5.41, 5.74) is 0.0320. The van der Waals surface area contributed by atoms with Crippen LogP contribution < -0.4 is 4.90 Å². The highest BCUT2D eigenvalue weighted by Crippen LogP contribution is 2.38. The number of ketones is 1. The van der Waals surface area contributed by atoms with Gasteiger partial charge in [0.25, 0.3) is 0 Å². The lowest BCUT2D eigenvalue weighted by Gasteiger charge is -2.26. The van der Waals surface area contributed by atoms with Crippen LogP contribution in [0.3, 0.4) is 0 Å². The Bertz CT molecular complexity index is 512. The molecule has 0 fully saturated rings. The maximum absolute atomic E-state index is 11.5. The van der Waals surface area contributed by atoms with Gasteiger partial charge in [0.15, 0.2) is 10.8 Å². The Morgan fingerprint density at radius 2 is 2.00 bits per heavy atom. The number of anilines is 1. The van der Waals surface area contributed by atoms with E-state index in [0.717, 1.165) is 13.1 Å². The Balaban J connectivity index is 3.14. The van der Waals surface area contributed by atoms with Crippen molar-refractivity contribution in [2.75, 3.05) is 38.6 Å². The molecule has 0 saturated carbocycles. The third-order valence-electron chi connectivity index (χ3n) is 2.93. The molecule has 0 N–H and O–H groups in total. The van der Waals surface area contributed by atoms with E-state index in [9.17, 15) is 14.9 Å². The highest BCUT2D eigenvalue weighted by molar-refractivity contribution is 7.18. The van der Waals surface area contributed by atoms with Crippen LogP contribution in [0.2, 0.25) is 0 Å². The molecule has 0 amide bonds. The van der Waals surface area contributed by atoms with Gasteiger partial charge in [-0.25, -0.2) is 0 Å². The maximum atomic E-state index is 11.5. The zero-order valence-corrected chi connectivity index (χ0v) is 14.1. The van der Waals surface area contributed by atoms with E-state index in [1.165, 1.54) is 24.3 Å². The first-order chi connectivity index (χ1) is 9.72. The minimum Gasteiger partial charge on any atom is -0.356 e. The van der Waals surface area contributed by atoms with Crippen molar-refractivity contribution in [2.24, 2.45) is 5.92 Å². The second kappa shape index (κ2) is 7.51. The molecule has 0 atom stereocenters. The van der Waals surface area contributed by atoms with Crippen molar-refractivity contribution in [3.8, 4) is 0 Å². The second-order valence-electron chi connectivity index (χ2n) is 5.76. The number of nitro groups is 1. The van der Waals surface area contributed by atoms with E-state index in [2.05, 4.69) is 13.8 Å². The van der Waals surface area contributed by atoms with Crippen molar-refractivity contribution in [3.63, 3.8) is 0 Å². The molecule has 1 aromatic rings. The number of rotatable bonds is 8. The summed E-state index contributed by atoms with van der Waals surface area (Å²) in [6.07, 6.45) is 0. The number of hydrogen-bond donors (Lipinski definition) is 0. The van der Waals surface area contributed by atoms with Gasteiger partial charge < -0.3 is 9.80 Å². The zero-order valence-electron chi connectivity index (χ0n) is 13.3. The summed E-state index contributed by atoms with van der Waals surface area (Å²) < 4.78 is 0. The standard InChI is InChI=1S/C14H23N3O3S/c1-10(2)9-16(7-6-15(4)5)14-12(17(19)20)8-13(21-14)11(3)18/h8,10H,6-7,9H2,1-5H3. The molecule has 7 heteroatoms. The largest absolute Gasteiger partial charge is 0.356 e. The lowest BCUT2D eigenvalue weighted by atomic mass is 10.2. The fourth-order valence-electron chi connectivity index (χ4n) is 1.94. The second-order valence-corrected chi connectivity index (χ2v) is 6.79. The van der Waals surface area contributed by atoms with Crippen molar-refractivity contribution in [1.29, 1.82) is 0 Å². The van der Waals surface area contributed by atoms with Gasteiger partial charge in [-0.15, -0.1) is 11.3 Å². The molecule has 21 heavy (non-hydrogen) atoms. The third-order valence-corrected chi connectivity index (χ3v) is 4.21. The lowest BCUT2D eigenvalue weighted by molar-refractivity contribution is -0.383. The predicted molar refractivity (Wildman–Crippen MR) is 86.6 cm³/mol. The number of Topliss-reactive ketones (excluding diaryl/α,β-unsaturated/α-hetero) is 1. The summed E-state index contributed by atoms with van der Waals surface area (Å²) in [6, 6.07) is 1.39. The van der Waals surface area contributed by atoms with Gasteiger partial charge >= 0.3 is 5.69 Å². The smallest absolute Gasteiger partial charge is 0.304 e. The van der Waals surface area contributed by atoms with Crippen LogP contribution in [-0.4, -0.2) is 49.3 Å². The molecule has 0 spiro atoms. The van der Waals surface area contributed by atoms with Crippen LogP contribution in [0.4, 0.5) is 10.7 Å². The highest BCUT2D eigenvalue weighted by atomic mass is 32.1. The number of carbonyl (C=O) groups is 1. The van der Waals surface area contributed by atoms with E-state index in [0.29, 0.717) is 22.3 Å². The van der Waals surface area contributed by atoms with Crippen molar-refractivity contribution in [2.45, 2.75) is 20.8 Å². The fraction of sp³-hybridized carbons (Fsp3) is 0.643. The Morgan fingerprint density at radius 3 is 2.43 bits per heavy atom. The summed E-state index contributed by atoms with van der Waals surface area (Å²) in [5.74, 6) is 0.251. The SMILES string of the molecule is CC(=O)c1cc([N+](=O)[O-])c(N(CCN(C)C)CC(C)C)s1. The highest BCUT2D eigenvalue weighted by Gasteiger charge is 2.25. The van der Waals surface area contributed by atoms with E-state index in [4.69, 9.17) is 0 Å². The van der Waals surface area contributed by atoms with E-state index < -0.39 is 4.92 Å². The molecule has 0 aliphatic heterocycles. The van der Waals surface area contributed by atoms with Crippen molar-refractivity contribution in [1.82, 2.24) is 4.90 Å². The molecule has 0 aliphatic carbocycles. The van der Waals surface area contributed by atoms with Crippen molar-refractivity contribution in [3.05, 3.63) is 21.1 Å². The molecular formula is C14H23N3O3S. The summed E-state index contributed by atoms with van der Waals surface area (Å²) in [6.45, 7) is 7.82. The van der Waals surface area contributed by atoms with Crippen molar-refractivity contribution < 1.29 is 9.72 Å². The quantitative estimate of drug-likeness (QED) is 0.419. The van der Waals surface area contributed by atoms with Gasteiger partial charge in [-0.2, -0.15) is 0 Å². The average molecular weight is 313 g/mol.